The summed E-state index contributed by atoms with van der Waals surface area (Å²) in [5.41, 5.74) is 3.10. The van der Waals surface area contributed by atoms with Crippen molar-refractivity contribution in [2.45, 2.75) is 18.7 Å². The Kier molecular flexibility index (Phi) is 5.13. The largest absolute Gasteiger partial charge is 0.323 e. The summed E-state index contributed by atoms with van der Waals surface area (Å²) in [6, 6.07) is 15.6. The number of nitrogens with one attached hydrogen (secondary N) is 1. The van der Waals surface area contributed by atoms with Crippen molar-refractivity contribution in [1.29, 1.82) is 0 Å². The van der Waals surface area contributed by atoms with E-state index in [1.807, 2.05) is 53.4 Å². The minimum atomic E-state index is -0.0547. The van der Waals surface area contributed by atoms with Gasteiger partial charge in [0.15, 0.2) is 0 Å². The molecule has 1 N–H and O–H groups in total. The van der Waals surface area contributed by atoms with Crippen molar-refractivity contribution in [2.75, 3.05) is 17.6 Å². The summed E-state index contributed by atoms with van der Waals surface area (Å²) in [5, 5.41) is 3.78. The number of carbonyl (C=O) groups excluding carboxylic acids is 1. The summed E-state index contributed by atoms with van der Waals surface area (Å²) in [7, 11) is 0. The van der Waals surface area contributed by atoms with Gasteiger partial charge in [-0.05, 0) is 35.7 Å². The maximum Gasteiger partial charge on any atom is 0.323 e. The Labute approximate surface area is 146 Å². The van der Waals surface area contributed by atoms with Gasteiger partial charge in [0, 0.05) is 23.0 Å². The van der Waals surface area contributed by atoms with Crippen LogP contribution in [0.4, 0.5) is 10.5 Å². The molecule has 3 rings (SSSR count). The second kappa shape index (κ2) is 7.28. The Balaban J connectivity index is 1.78. The molecular formula is C18H19ClN2OS. The fourth-order valence-electron chi connectivity index (χ4n) is 2.75. The number of para-hydroxylation sites is 1. The van der Waals surface area contributed by atoms with Crippen molar-refractivity contribution in [3.63, 3.8) is 0 Å². The lowest BCUT2D eigenvalue weighted by Gasteiger charge is -2.25. The third kappa shape index (κ3) is 3.65. The Bertz CT molecular complexity index is 707. The lowest BCUT2D eigenvalue weighted by atomic mass is 10.1. The third-order valence-electron chi connectivity index (χ3n) is 3.93. The highest BCUT2D eigenvalue weighted by Crippen LogP contribution is 2.38. The average molecular weight is 347 g/mol. The number of benzene rings is 2. The van der Waals surface area contributed by atoms with Gasteiger partial charge >= 0.3 is 6.03 Å². The first-order valence-electron chi connectivity index (χ1n) is 7.71. The molecule has 3 nitrogen and oxygen atoms in total. The zero-order valence-corrected chi connectivity index (χ0v) is 14.5. The molecule has 0 radical (unpaired) electrons. The van der Waals surface area contributed by atoms with Crippen molar-refractivity contribution >= 4 is 35.1 Å². The van der Waals surface area contributed by atoms with Crippen LogP contribution >= 0.6 is 23.4 Å². The Morgan fingerprint density at radius 3 is 2.91 bits per heavy atom. The topological polar surface area (TPSA) is 32.3 Å². The summed E-state index contributed by atoms with van der Waals surface area (Å²) in [5.74, 6) is 0.931. The number of rotatable bonds is 3. The molecule has 1 unspecified atom stereocenters. The fraction of sp³-hybridized carbons (Fsp3) is 0.278. The number of halogens is 1. The highest BCUT2D eigenvalue weighted by molar-refractivity contribution is 7.99. The van der Waals surface area contributed by atoms with Crippen LogP contribution in [0.2, 0.25) is 5.02 Å². The minimum absolute atomic E-state index is 0.0162. The fourth-order valence-corrected chi connectivity index (χ4v) is 4.20. The zero-order chi connectivity index (χ0) is 16.2. The van der Waals surface area contributed by atoms with E-state index in [0.29, 0.717) is 5.02 Å². The molecule has 1 heterocycles. The number of thioether (sulfide) groups is 1. The van der Waals surface area contributed by atoms with E-state index < -0.39 is 0 Å². The maximum absolute atomic E-state index is 12.7. The second-order valence-electron chi connectivity index (χ2n) is 5.41. The molecule has 0 aliphatic carbocycles. The molecule has 0 bridgehead atoms. The quantitative estimate of drug-likeness (QED) is 0.830. The van der Waals surface area contributed by atoms with Crippen LogP contribution in [0.5, 0.6) is 0 Å². The second-order valence-corrected chi connectivity index (χ2v) is 7.04. The van der Waals surface area contributed by atoms with E-state index in [1.165, 1.54) is 0 Å². The Morgan fingerprint density at radius 2 is 2.13 bits per heavy atom. The average Bonchev–Trinajstić information content (AvgIpc) is 3.05. The smallest absolute Gasteiger partial charge is 0.308 e. The number of aryl methyl sites for hydroxylation is 1. The number of hydrogen-bond acceptors (Lipinski definition) is 2. The highest BCUT2D eigenvalue weighted by Gasteiger charge is 2.31. The molecule has 120 valence electrons. The van der Waals surface area contributed by atoms with Crippen LogP contribution in [0.1, 0.15) is 23.4 Å². The summed E-state index contributed by atoms with van der Waals surface area (Å²) in [4.78, 5) is 14.6. The molecule has 23 heavy (non-hydrogen) atoms. The molecule has 2 aromatic carbocycles. The van der Waals surface area contributed by atoms with E-state index in [1.54, 1.807) is 11.8 Å². The predicted octanol–water partition coefficient (Wildman–Crippen LogP) is 5.18. The van der Waals surface area contributed by atoms with Crippen molar-refractivity contribution < 1.29 is 4.79 Å². The monoisotopic (exact) mass is 346 g/mol. The van der Waals surface area contributed by atoms with E-state index >= 15 is 0 Å². The molecule has 0 aromatic heterocycles. The summed E-state index contributed by atoms with van der Waals surface area (Å²) in [6.07, 6.45) is 0.892. The van der Waals surface area contributed by atoms with Gasteiger partial charge in [-0.2, -0.15) is 0 Å². The minimum Gasteiger partial charge on any atom is -0.308 e. The molecule has 1 atom stereocenters. The van der Waals surface area contributed by atoms with Gasteiger partial charge in [0.25, 0.3) is 0 Å². The number of carbonyl (C=O) groups is 1. The van der Waals surface area contributed by atoms with Crippen LogP contribution in [0, 0.1) is 0 Å². The van der Waals surface area contributed by atoms with Gasteiger partial charge < -0.3 is 10.2 Å². The van der Waals surface area contributed by atoms with E-state index in [-0.39, 0.29) is 11.4 Å². The molecule has 0 spiro atoms. The Hall–Kier alpha value is -1.65. The van der Waals surface area contributed by atoms with Crippen LogP contribution < -0.4 is 5.32 Å². The molecule has 1 aliphatic rings. The number of anilines is 1. The van der Waals surface area contributed by atoms with E-state index in [9.17, 15) is 4.79 Å². The van der Waals surface area contributed by atoms with Crippen LogP contribution in [-0.4, -0.2) is 23.2 Å². The molecule has 2 amide bonds. The SMILES string of the molecule is CCc1ccccc1NC(=O)N1CCSC1c1cccc(Cl)c1. The van der Waals surface area contributed by atoms with Crippen molar-refractivity contribution in [3.8, 4) is 0 Å². The number of urea groups is 1. The van der Waals surface area contributed by atoms with Gasteiger partial charge in [-0.3, -0.25) is 0 Å². The van der Waals surface area contributed by atoms with E-state index in [0.717, 1.165) is 35.5 Å². The van der Waals surface area contributed by atoms with E-state index in [4.69, 9.17) is 11.6 Å². The normalized spacial score (nSPS) is 17.3. The van der Waals surface area contributed by atoms with Crippen LogP contribution in [0.3, 0.4) is 0 Å². The van der Waals surface area contributed by atoms with Crippen LogP contribution in [0.25, 0.3) is 0 Å². The Morgan fingerprint density at radius 1 is 1.30 bits per heavy atom. The van der Waals surface area contributed by atoms with Crippen molar-refractivity contribution in [3.05, 3.63) is 64.7 Å². The number of amides is 2. The van der Waals surface area contributed by atoms with Gasteiger partial charge in [-0.25, -0.2) is 4.79 Å². The maximum atomic E-state index is 12.7. The summed E-state index contributed by atoms with van der Waals surface area (Å²) < 4.78 is 0. The molecule has 1 fully saturated rings. The van der Waals surface area contributed by atoms with Gasteiger partial charge in [-0.15, -0.1) is 11.8 Å². The first-order chi connectivity index (χ1) is 11.2. The summed E-state index contributed by atoms with van der Waals surface area (Å²) >= 11 is 7.86. The highest BCUT2D eigenvalue weighted by atomic mass is 35.5. The van der Waals surface area contributed by atoms with Crippen molar-refractivity contribution in [1.82, 2.24) is 4.90 Å². The van der Waals surface area contributed by atoms with Gasteiger partial charge in [0.2, 0.25) is 0 Å². The lowest BCUT2D eigenvalue weighted by molar-refractivity contribution is 0.214. The molecule has 1 saturated heterocycles. The number of hydrogen-bond donors (Lipinski definition) is 1. The summed E-state index contributed by atoms with van der Waals surface area (Å²) in [6.45, 7) is 2.83. The zero-order valence-electron chi connectivity index (χ0n) is 13.0. The predicted molar refractivity (Wildman–Crippen MR) is 98.2 cm³/mol. The van der Waals surface area contributed by atoms with Crippen molar-refractivity contribution in [2.24, 2.45) is 0 Å². The van der Waals surface area contributed by atoms with Crippen LogP contribution in [-0.2, 0) is 6.42 Å². The molecular weight excluding hydrogens is 328 g/mol. The third-order valence-corrected chi connectivity index (χ3v) is 5.42. The molecule has 5 heteroatoms. The molecule has 1 aliphatic heterocycles. The lowest BCUT2D eigenvalue weighted by Crippen LogP contribution is -2.34. The molecule has 2 aromatic rings. The van der Waals surface area contributed by atoms with Gasteiger partial charge in [0.05, 0.1) is 0 Å². The standard InChI is InChI=1S/C18H19ClN2OS/c1-2-13-6-3-4-9-16(13)20-18(22)21-10-11-23-17(21)14-7-5-8-15(19)12-14/h3-9,12,17H,2,10-11H2,1H3,(H,20,22). The first kappa shape index (κ1) is 16.2. The number of nitrogens with zero attached hydrogens (tertiary/aromatic N) is 1. The van der Waals surface area contributed by atoms with Gasteiger partial charge in [0.1, 0.15) is 5.37 Å². The molecule has 0 saturated carbocycles. The van der Waals surface area contributed by atoms with Crippen LogP contribution in [0.15, 0.2) is 48.5 Å². The van der Waals surface area contributed by atoms with Gasteiger partial charge in [-0.1, -0.05) is 48.9 Å². The van der Waals surface area contributed by atoms with E-state index in [2.05, 4.69) is 12.2 Å². The first-order valence-corrected chi connectivity index (χ1v) is 9.14.